The van der Waals surface area contributed by atoms with Gasteiger partial charge in [0.15, 0.2) is 9.84 Å². The topological polar surface area (TPSA) is 141 Å². The predicted molar refractivity (Wildman–Crippen MR) is 117 cm³/mol. The zero-order chi connectivity index (χ0) is 26.4. The van der Waals surface area contributed by atoms with Gasteiger partial charge in [0.2, 0.25) is 0 Å². The number of phenols is 1. The maximum Gasteiger partial charge on any atom is 0.501 e. The fourth-order valence-electron chi connectivity index (χ4n) is 3.19. The van der Waals surface area contributed by atoms with E-state index in [1.165, 1.54) is 19.1 Å². The van der Waals surface area contributed by atoms with Gasteiger partial charge in [-0.15, -0.1) is 0 Å². The Kier molecular flexibility index (Phi) is 6.86. The molecular weight excluding hydrogens is 497 g/mol. The van der Waals surface area contributed by atoms with Crippen LogP contribution in [0.5, 0.6) is 5.75 Å². The SMILES string of the molecule is Cc1c(S(C)(=O)=O)cc(C(C)(C)C)c(O)c1C(=O)Nc1ccc(S(=O)(=O)C(F)(F)F)cc1C#N. The summed E-state index contributed by atoms with van der Waals surface area (Å²) in [6, 6.07) is 4.59. The first-order chi connectivity index (χ1) is 15.2. The number of benzene rings is 2. The van der Waals surface area contributed by atoms with Crippen LogP contribution in [0.2, 0.25) is 0 Å². The summed E-state index contributed by atoms with van der Waals surface area (Å²) in [5, 5.41) is 22.3. The Morgan fingerprint density at radius 3 is 2.09 bits per heavy atom. The van der Waals surface area contributed by atoms with Gasteiger partial charge in [0, 0.05) is 11.8 Å². The fraction of sp³-hybridized carbons (Fsp3) is 0.333. The highest BCUT2D eigenvalue weighted by Gasteiger charge is 2.47. The number of aromatic hydroxyl groups is 1. The van der Waals surface area contributed by atoms with E-state index in [9.17, 15) is 45.2 Å². The molecule has 0 unspecified atom stereocenters. The minimum atomic E-state index is -5.73. The molecular formula is C21H21F3N2O6S2. The highest BCUT2D eigenvalue weighted by Crippen LogP contribution is 2.39. The van der Waals surface area contributed by atoms with Gasteiger partial charge in [-0.25, -0.2) is 16.8 Å². The largest absolute Gasteiger partial charge is 0.507 e. The summed E-state index contributed by atoms with van der Waals surface area (Å²) in [6.07, 6.45) is 0.925. The van der Waals surface area contributed by atoms with E-state index in [2.05, 4.69) is 5.32 Å². The average molecular weight is 519 g/mol. The zero-order valence-electron chi connectivity index (χ0n) is 18.7. The Morgan fingerprint density at radius 2 is 1.65 bits per heavy atom. The standard InChI is InChI=1S/C21H21F3N2O6S2/c1-11-16(33(5,29)30)9-14(20(2,3)4)18(27)17(11)19(28)26-15-7-6-13(8-12(15)10-25)34(31,32)21(22,23)24/h6-9,27H,1-5H3,(H,26,28). The lowest BCUT2D eigenvalue weighted by Crippen LogP contribution is -2.23. The Labute approximate surface area is 194 Å². The van der Waals surface area contributed by atoms with Gasteiger partial charge in [-0.3, -0.25) is 4.79 Å². The number of alkyl halides is 3. The molecule has 0 heterocycles. The van der Waals surface area contributed by atoms with Crippen LogP contribution in [0.15, 0.2) is 34.1 Å². The maximum absolute atomic E-state index is 13.0. The van der Waals surface area contributed by atoms with Crippen molar-refractivity contribution in [1.29, 1.82) is 5.26 Å². The molecule has 8 nitrogen and oxygen atoms in total. The van der Waals surface area contributed by atoms with Gasteiger partial charge in [-0.1, -0.05) is 20.8 Å². The first-order valence-electron chi connectivity index (χ1n) is 9.47. The number of halogens is 3. The molecule has 0 spiro atoms. The lowest BCUT2D eigenvalue weighted by Gasteiger charge is -2.24. The van der Waals surface area contributed by atoms with E-state index in [1.54, 1.807) is 20.8 Å². The number of phenolic OH excluding ortho intramolecular Hbond substituents is 1. The van der Waals surface area contributed by atoms with Crippen LogP contribution in [0.4, 0.5) is 18.9 Å². The van der Waals surface area contributed by atoms with Crippen LogP contribution in [-0.2, 0) is 25.1 Å². The normalized spacial score (nSPS) is 12.8. The second-order valence-corrected chi connectivity index (χ2v) is 12.4. The lowest BCUT2D eigenvalue weighted by atomic mass is 9.84. The molecule has 2 aromatic rings. The molecule has 0 fully saturated rings. The number of rotatable bonds is 4. The molecule has 0 aromatic heterocycles. The number of anilines is 1. The highest BCUT2D eigenvalue weighted by atomic mass is 32.2. The summed E-state index contributed by atoms with van der Waals surface area (Å²) >= 11 is 0. The number of carbonyl (C=O) groups excluding carboxylic acids is 1. The van der Waals surface area contributed by atoms with Crippen molar-refractivity contribution in [2.75, 3.05) is 11.6 Å². The fourth-order valence-corrected chi connectivity index (χ4v) is 4.97. The Bertz CT molecular complexity index is 1430. The van der Waals surface area contributed by atoms with Gasteiger partial charge in [0.25, 0.3) is 15.7 Å². The Balaban J connectivity index is 2.68. The summed E-state index contributed by atoms with van der Waals surface area (Å²) < 4.78 is 86.3. The van der Waals surface area contributed by atoms with Crippen molar-refractivity contribution >= 4 is 31.3 Å². The summed E-state index contributed by atoms with van der Waals surface area (Å²) in [7, 11) is -9.56. The molecule has 13 heteroatoms. The van der Waals surface area contributed by atoms with Gasteiger partial charge >= 0.3 is 5.51 Å². The Hall–Kier alpha value is -3.11. The third-order valence-electron chi connectivity index (χ3n) is 4.92. The zero-order valence-corrected chi connectivity index (χ0v) is 20.3. The van der Waals surface area contributed by atoms with E-state index >= 15 is 0 Å². The summed E-state index contributed by atoms with van der Waals surface area (Å²) in [6.45, 7) is 6.33. The van der Waals surface area contributed by atoms with Crippen molar-refractivity contribution in [3.8, 4) is 11.8 Å². The summed E-state index contributed by atoms with van der Waals surface area (Å²) in [5.74, 6) is -1.56. The molecule has 34 heavy (non-hydrogen) atoms. The number of hydrogen-bond donors (Lipinski definition) is 2. The van der Waals surface area contributed by atoms with E-state index in [-0.39, 0.29) is 21.7 Å². The smallest absolute Gasteiger partial charge is 0.501 e. The lowest BCUT2D eigenvalue weighted by molar-refractivity contribution is -0.0436. The van der Waals surface area contributed by atoms with E-state index < -0.39 is 58.3 Å². The maximum atomic E-state index is 13.0. The Morgan fingerprint density at radius 1 is 1.09 bits per heavy atom. The van der Waals surface area contributed by atoms with E-state index in [0.29, 0.717) is 12.1 Å². The molecule has 0 saturated carbocycles. The molecule has 184 valence electrons. The van der Waals surface area contributed by atoms with Gasteiger partial charge in [-0.05, 0) is 42.2 Å². The minimum Gasteiger partial charge on any atom is -0.507 e. The minimum absolute atomic E-state index is 0.0831. The molecule has 0 aliphatic heterocycles. The van der Waals surface area contributed by atoms with Gasteiger partial charge in [0.05, 0.1) is 26.6 Å². The van der Waals surface area contributed by atoms with Gasteiger partial charge in [-0.2, -0.15) is 18.4 Å². The monoisotopic (exact) mass is 518 g/mol. The number of nitriles is 1. The van der Waals surface area contributed by atoms with Crippen LogP contribution >= 0.6 is 0 Å². The third-order valence-corrected chi connectivity index (χ3v) is 7.63. The van der Waals surface area contributed by atoms with Crippen molar-refractivity contribution in [3.63, 3.8) is 0 Å². The van der Waals surface area contributed by atoms with Crippen LogP contribution in [-0.4, -0.2) is 39.6 Å². The van der Waals surface area contributed by atoms with Crippen molar-refractivity contribution in [1.82, 2.24) is 0 Å². The van der Waals surface area contributed by atoms with Crippen LogP contribution in [0.25, 0.3) is 0 Å². The molecule has 0 atom stereocenters. The number of nitrogens with one attached hydrogen (secondary N) is 1. The quantitative estimate of drug-likeness (QED) is 0.627. The van der Waals surface area contributed by atoms with Crippen LogP contribution < -0.4 is 5.32 Å². The number of carbonyl (C=O) groups is 1. The van der Waals surface area contributed by atoms with Crippen molar-refractivity contribution < 1.29 is 39.9 Å². The van der Waals surface area contributed by atoms with E-state index in [4.69, 9.17) is 0 Å². The molecule has 2 N–H and O–H groups in total. The number of nitrogens with zero attached hydrogens (tertiary/aromatic N) is 1. The van der Waals surface area contributed by atoms with E-state index in [1.807, 2.05) is 0 Å². The molecule has 0 saturated heterocycles. The average Bonchev–Trinajstić information content (AvgIpc) is 2.65. The first kappa shape index (κ1) is 27.1. The molecule has 2 aromatic carbocycles. The van der Waals surface area contributed by atoms with Crippen molar-refractivity contribution in [3.05, 3.63) is 46.5 Å². The number of hydrogen-bond acceptors (Lipinski definition) is 7. The van der Waals surface area contributed by atoms with Gasteiger partial charge in [0.1, 0.15) is 11.8 Å². The first-order valence-corrected chi connectivity index (χ1v) is 12.8. The second-order valence-electron chi connectivity index (χ2n) is 8.52. The predicted octanol–water partition coefficient (Wildman–Crippen LogP) is 3.82. The number of sulfone groups is 2. The number of amides is 1. The molecule has 0 aliphatic carbocycles. The second kappa shape index (κ2) is 8.59. The molecule has 1 amide bonds. The van der Waals surface area contributed by atoms with Crippen molar-refractivity contribution in [2.24, 2.45) is 0 Å². The molecule has 2 rings (SSSR count). The van der Waals surface area contributed by atoms with Crippen LogP contribution in [0, 0.1) is 18.3 Å². The van der Waals surface area contributed by atoms with Crippen molar-refractivity contribution in [2.45, 2.75) is 48.4 Å². The third kappa shape index (κ3) is 5.02. The molecule has 0 bridgehead atoms. The van der Waals surface area contributed by atoms with E-state index in [0.717, 1.165) is 12.3 Å². The van der Waals surface area contributed by atoms with Crippen LogP contribution in [0.1, 0.15) is 47.8 Å². The summed E-state index contributed by atoms with van der Waals surface area (Å²) in [4.78, 5) is 11.6. The highest BCUT2D eigenvalue weighted by molar-refractivity contribution is 7.92. The molecule has 0 aliphatic rings. The molecule has 0 radical (unpaired) electrons. The van der Waals surface area contributed by atoms with Gasteiger partial charge < -0.3 is 10.4 Å². The summed E-state index contributed by atoms with van der Waals surface area (Å²) in [5.41, 5.74) is -7.65. The van der Waals surface area contributed by atoms with Crippen LogP contribution in [0.3, 0.4) is 0 Å².